The molecule has 0 bridgehead atoms. The Kier molecular flexibility index (Phi) is 2.79. The van der Waals surface area contributed by atoms with Crippen LogP contribution in [0.15, 0.2) is 30.5 Å². The maximum atomic E-state index is 12.7. The van der Waals surface area contributed by atoms with Gasteiger partial charge in [0, 0.05) is 30.4 Å². The normalized spacial score (nSPS) is 27.3. The van der Waals surface area contributed by atoms with E-state index < -0.39 is 11.4 Å². The highest BCUT2D eigenvalue weighted by Crippen LogP contribution is 2.49. The molecule has 2 heterocycles. The van der Waals surface area contributed by atoms with Gasteiger partial charge in [0.15, 0.2) is 0 Å². The highest BCUT2D eigenvalue weighted by molar-refractivity contribution is 5.98. The monoisotopic (exact) mass is 298 g/mol. The van der Waals surface area contributed by atoms with E-state index in [1.54, 1.807) is 4.90 Å². The summed E-state index contributed by atoms with van der Waals surface area (Å²) in [7, 11) is 0. The molecule has 0 unspecified atom stereocenters. The SMILES string of the molecule is O=C(c1ccc2cc[nH]c2c1)N1C[C@@H]2CCC[C@@]2(C(=O)O)C1. The van der Waals surface area contributed by atoms with Gasteiger partial charge in [-0.2, -0.15) is 0 Å². The van der Waals surface area contributed by atoms with Crippen LogP contribution in [0.4, 0.5) is 0 Å². The fourth-order valence-electron chi connectivity index (χ4n) is 4.16. The van der Waals surface area contributed by atoms with Crippen molar-refractivity contribution < 1.29 is 14.7 Å². The highest BCUT2D eigenvalue weighted by atomic mass is 16.4. The number of H-pyrrole nitrogens is 1. The summed E-state index contributed by atoms with van der Waals surface area (Å²) in [4.78, 5) is 29.3. The molecule has 1 saturated carbocycles. The maximum absolute atomic E-state index is 12.7. The Labute approximate surface area is 127 Å². The second kappa shape index (κ2) is 4.60. The summed E-state index contributed by atoms with van der Waals surface area (Å²) in [6.45, 7) is 0.905. The van der Waals surface area contributed by atoms with Crippen LogP contribution in [0, 0.1) is 11.3 Å². The molecule has 0 radical (unpaired) electrons. The number of hydrogen-bond donors (Lipinski definition) is 2. The van der Waals surface area contributed by atoms with E-state index in [9.17, 15) is 14.7 Å². The van der Waals surface area contributed by atoms with E-state index in [1.165, 1.54) is 0 Å². The Balaban J connectivity index is 1.62. The second-order valence-corrected chi connectivity index (χ2v) is 6.52. The number of likely N-dealkylation sites (tertiary alicyclic amines) is 1. The Morgan fingerprint density at radius 1 is 1.32 bits per heavy atom. The molecule has 5 heteroatoms. The number of hydrogen-bond acceptors (Lipinski definition) is 2. The molecule has 114 valence electrons. The zero-order valence-corrected chi connectivity index (χ0v) is 12.2. The fraction of sp³-hybridized carbons (Fsp3) is 0.412. The molecule has 4 rings (SSSR count). The average Bonchev–Trinajstić information content (AvgIpc) is 3.18. The minimum absolute atomic E-state index is 0.0634. The molecule has 1 aliphatic heterocycles. The van der Waals surface area contributed by atoms with Crippen molar-refractivity contribution in [1.82, 2.24) is 9.88 Å². The van der Waals surface area contributed by atoms with Crippen LogP contribution in [-0.2, 0) is 4.79 Å². The number of carbonyl (C=O) groups is 2. The predicted octanol–water partition coefficient (Wildman–Crippen LogP) is 2.49. The van der Waals surface area contributed by atoms with E-state index in [4.69, 9.17) is 0 Å². The van der Waals surface area contributed by atoms with E-state index in [0.29, 0.717) is 25.1 Å². The van der Waals surface area contributed by atoms with Crippen molar-refractivity contribution in [3.8, 4) is 0 Å². The Hall–Kier alpha value is -2.30. The van der Waals surface area contributed by atoms with Crippen molar-refractivity contribution in [3.63, 3.8) is 0 Å². The number of carboxylic acid groups (broad SMARTS) is 1. The number of nitrogens with zero attached hydrogens (tertiary/aromatic N) is 1. The number of fused-ring (bicyclic) bond motifs is 2. The molecule has 2 atom stereocenters. The molecule has 1 amide bonds. The van der Waals surface area contributed by atoms with Crippen molar-refractivity contribution in [3.05, 3.63) is 36.0 Å². The van der Waals surface area contributed by atoms with Crippen LogP contribution in [-0.4, -0.2) is 40.0 Å². The van der Waals surface area contributed by atoms with Gasteiger partial charge in [0.05, 0.1) is 5.41 Å². The predicted molar refractivity (Wildman–Crippen MR) is 81.6 cm³/mol. The molecular weight excluding hydrogens is 280 g/mol. The standard InChI is InChI=1S/C17H18N2O3/c20-15(12-4-3-11-5-7-18-14(11)8-12)19-9-13-2-1-6-17(13,10-19)16(21)22/h3-5,7-8,13,18H,1-2,6,9-10H2,(H,21,22)/t13-,17+/m0/s1. The zero-order valence-electron chi connectivity index (χ0n) is 12.2. The van der Waals surface area contributed by atoms with Crippen LogP contribution in [0.3, 0.4) is 0 Å². The zero-order chi connectivity index (χ0) is 15.3. The summed E-state index contributed by atoms with van der Waals surface area (Å²) < 4.78 is 0. The van der Waals surface area contributed by atoms with Crippen molar-refractivity contribution in [2.45, 2.75) is 19.3 Å². The molecule has 22 heavy (non-hydrogen) atoms. The molecule has 2 aromatic rings. The number of benzene rings is 1. The minimum atomic E-state index is -0.745. The summed E-state index contributed by atoms with van der Waals surface area (Å²) >= 11 is 0. The first-order chi connectivity index (χ1) is 10.6. The van der Waals surface area contributed by atoms with Gasteiger partial charge in [0.1, 0.15) is 0 Å². The topological polar surface area (TPSA) is 73.4 Å². The smallest absolute Gasteiger partial charge is 0.311 e. The molecule has 2 fully saturated rings. The molecule has 2 N–H and O–H groups in total. The van der Waals surface area contributed by atoms with Gasteiger partial charge in [-0.05, 0) is 42.3 Å². The van der Waals surface area contributed by atoms with Gasteiger partial charge in [-0.25, -0.2) is 0 Å². The van der Waals surface area contributed by atoms with Gasteiger partial charge in [0.2, 0.25) is 0 Å². The number of rotatable bonds is 2. The summed E-state index contributed by atoms with van der Waals surface area (Å²) in [5.74, 6) is -0.709. The summed E-state index contributed by atoms with van der Waals surface area (Å²) in [5, 5.41) is 10.7. The van der Waals surface area contributed by atoms with Gasteiger partial charge in [0.25, 0.3) is 5.91 Å². The van der Waals surface area contributed by atoms with Crippen molar-refractivity contribution in [2.24, 2.45) is 11.3 Å². The van der Waals surface area contributed by atoms with Crippen LogP contribution in [0.2, 0.25) is 0 Å². The minimum Gasteiger partial charge on any atom is -0.481 e. The first-order valence-electron chi connectivity index (χ1n) is 7.70. The van der Waals surface area contributed by atoms with E-state index in [1.807, 2.05) is 30.5 Å². The number of nitrogens with one attached hydrogen (secondary N) is 1. The number of carboxylic acids is 1. The molecular formula is C17H18N2O3. The van der Waals surface area contributed by atoms with Crippen LogP contribution in [0.1, 0.15) is 29.6 Å². The first-order valence-corrected chi connectivity index (χ1v) is 7.70. The lowest BCUT2D eigenvalue weighted by Crippen LogP contribution is -2.37. The second-order valence-electron chi connectivity index (χ2n) is 6.52. The first kappa shape index (κ1) is 13.4. The number of aromatic amines is 1. The molecule has 1 aromatic heterocycles. The van der Waals surface area contributed by atoms with Gasteiger partial charge < -0.3 is 15.0 Å². The van der Waals surface area contributed by atoms with Gasteiger partial charge in [-0.15, -0.1) is 0 Å². The average molecular weight is 298 g/mol. The third kappa shape index (κ3) is 1.78. The van der Waals surface area contributed by atoms with Crippen LogP contribution < -0.4 is 0 Å². The van der Waals surface area contributed by atoms with Gasteiger partial charge in [-0.3, -0.25) is 9.59 Å². The molecule has 2 aliphatic rings. The molecule has 0 spiro atoms. The lowest BCUT2D eigenvalue weighted by molar-refractivity contribution is -0.149. The molecule has 5 nitrogen and oxygen atoms in total. The van der Waals surface area contributed by atoms with Gasteiger partial charge >= 0.3 is 5.97 Å². The van der Waals surface area contributed by atoms with Crippen LogP contribution >= 0.6 is 0 Å². The van der Waals surface area contributed by atoms with E-state index in [2.05, 4.69) is 4.98 Å². The quantitative estimate of drug-likeness (QED) is 0.894. The molecule has 1 saturated heterocycles. The maximum Gasteiger partial charge on any atom is 0.311 e. The van der Waals surface area contributed by atoms with Crippen molar-refractivity contribution in [2.75, 3.05) is 13.1 Å². The Morgan fingerprint density at radius 3 is 2.95 bits per heavy atom. The number of amides is 1. The molecule has 1 aliphatic carbocycles. The molecule has 1 aromatic carbocycles. The van der Waals surface area contributed by atoms with E-state index >= 15 is 0 Å². The number of aliphatic carboxylic acids is 1. The van der Waals surface area contributed by atoms with Crippen LogP contribution in [0.25, 0.3) is 10.9 Å². The fourth-order valence-corrected chi connectivity index (χ4v) is 4.16. The third-order valence-corrected chi connectivity index (χ3v) is 5.39. The van der Waals surface area contributed by atoms with Crippen molar-refractivity contribution in [1.29, 1.82) is 0 Å². The van der Waals surface area contributed by atoms with Crippen molar-refractivity contribution >= 4 is 22.8 Å². The number of carbonyl (C=O) groups excluding carboxylic acids is 1. The largest absolute Gasteiger partial charge is 0.481 e. The van der Waals surface area contributed by atoms with E-state index in [0.717, 1.165) is 23.7 Å². The number of aromatic nitrogens is 1. The summed E-state index contributed by atoms with van der Waals surface area (Å²) in [6, 6.07) is 7.55. The lowest BCUT2D eigenvalue weighted by Gasteiger charge is -2.23. The van der Waals surface area contributed by atoms with Crippen LogP contribution in [0.5, 0.6) is 0 Å². The third-order valence-electron chi connectivity index (χ3n) is 5.39. The summed E-state index contributed by atoms with van der Waals surface area (Å²) in [5.41, 5.74) is 0.834. The lowest BCUT2D eigenvalue weighted by atomic mass is 9.81. The Bertz CT molecular complexity index is 766. The van der Waals surface area contributed by atoms with E-state index in [-0.39, 0.29) is 11.8 Å². The summed E-state index contributed by atoms with van der Waals surface area (Å²) in [6.07, 6.45) is 4.39. The highest BCUT2D eigenvalue weighted by Gasteiger charge is 2.55. The van der Waals surface area contributed by atoms with Gasteiger partial charge in [-0.1, -0.05) is 12.5 Å². The Morgan fingerprint density at radius 2 is 2.18 bits per heavy atom.